The third-order valence-electron chi connectivity index (χ3n) is 2.49. The summed E-state index contributed by atoms with van der Waals surface area (Å²) in [5.41, 5.74) is 1.29. The van der Waals surface area contributed by atoms with Gasteiger partial charge in [0.2, 0.25) is 0 Å². The number of rotatable bonds is 3. The van der Waals surface area contributed by atoms with E-state index in [2.05, 4.69) is 32.3 Å². The van der Waals surface area contributed by atoms with Crippen LogP contribution >= 0.6 is 15.9 Å². The van der Waals surface area contributed by atoms with Crippen LogP contribution in [0.25, 0.3) is 0 Å². The van der Waals surface area contributed by atoms with Crippen LogP contribution in [0.1, 0.15) is 24.4 Å². The van der Waals surface area contributed by atoms with Gasteiger partial charge in [0, 0.05) is 22.9 Å². The maximum absolute atomic E-state index is 4.18. The third-order valence-corrected chi connectivity index (χ3v) is 2.92. The Bertz CT molecular complexity index is 297. The molecule has 1 aliphatic rings. The van der Waals surface area contributed by atoms with Crippen molar-refractivity contribution >= 4 is 15.9 Å². The van der Waals surface area contributed by atoms with E-state index in [4.69, 9.17) is 0 Å². The predicted octanol–water partition coefficient (Wildman–Crippen LogP) is 2.51. The molecule has 1 aromatic heterocycles. The van der Waals surface area contributed by atoms with Gasteiger partial charge in [-0.3, -0.25) is 4.98 Å². The summed E-state index contributed by atoms with van der Waals surface area (Å²) in [6.45, 7) is 0. The van der Waals surface area contributed by atoms with E-state index in [9.17, 15) is 0 Å². The monoisotopic (exact) mass is 240 g/mol. The standard InChI is InChI=1S/C10H13BrN2/c1-12-10(7-2-3-7)8-4-9(11)6-13-5-8/h4-7,10,12H,2-3H2,1H3. The summed E-state index contributed by atoms with van der Waals surface area (Å²) in [4.78, 5) is 4.18. The summed E-state index contributed by atoms with van der Waals surface area (Å²) >= 11 is 3.44. The maximum atomic E-state index is 4.18. The molecule has 0 saturated heterocycles. The molecule has 0 bridgehead atoms. The second-order valence-corrected chi connectivity index (χ2v) is 4.46. The van der Waals surface area contributed by atoms with Crippen molar-refractivity contribution in [3.63, 3.8) is 0 Å². The lowest BCUT2D eigenvalue weighted by Gasteiger charge is -2.15. The zero-order chi connectivity index (χ0) is 9.26. The molecule has 1 saturated carbocycles. The molecule has 1 N–H and O–H groups in total. The molecule has 1 aliphatic carbocycles. The number of nitrogens with zero attached hydrogens (tertiary/aromatic N) is 1. The van der Waals surface area contributed by atoms with Crippen molar-refractivity contribution < 1.29 is 0 Å². The minimum absolute atomic E-state index is 0.491. The molecule has 0 radical (unpaired) electrons. The SMILES string of the molecule is CNC(c1cncc(Br)c1)C1CC1. The van der Waals surface area contributed by atoms with Gasteiger partial charge in [0.15, 0.2) is 0 Å². The lowest BCUT2D eigenvalue weighted by atomic mass is 10.1. The first-order chi connectivity index (χ1) is 6.31. The highest BCUT2D eigenvalue weighted by molar-refractivity contribution is 9.10. The van der Waals surface area contributed by atoms with E-state index in [0.29, 0.717) is 6.04 Å². The molecular formula is C10H13BrN2. The topological polar surface area (TPSA) is 24.9 Å². The van der Waals surface area contributed by atoms with Gasteiger partial charge in [-0.15, -0.1) is 0 Å². The normalized spacial score (nSPS) is 18.6. The zero-order valence-corrected chi connectivity index (χ0v) is 9.21. The molecule has 1 unspecified atom stereocenters. The number of aromatic nitrogens is 1. The first kappa shape index (κ1) is 9.16. The molecule has 1 heterocycles. The molecule has 2 rings (SSSR count). The first-order valence-electron chi connectivity index (χ1n) is 4.59. The van der Waals surface area contributed by atoms with Crippen molar-refractivity contribution in [2.45, 2.75) is 18.9 Å². The van der Waals surface area contributed by atoms with Crippen molar-refractivity contribution in [1.82, 2.24) is 10.3 Å². The van der Waals surface area contributed by atoms with Crippen molar-refractivity contribution in [2.24, 2.45) is 5.92 Å². The molecule has 1 aromatic rings. The van der Waals surface area contributed by atoms with Crippen LogP contribution in [0.5, 0.6) is 0 Å². The highest BCUT2D eigenvalue weighted by atomic mass is 79.9. The number of halogens is 1. The smallest absolute Gasteiger partial charge is 0.0410 e. The molecule has 2 nitrogen and oxygen atoms in total. The molecule has 0 aromatic carbocycles. The van der Waals surface area contributed by atoms with Crippen LogP contribution in [0.4, 0.5) is 0 Å². The fourth-order valence-corrected chi connectivity index (χ4v) is 2.09. The fourth-order valence-electron chi connectivity index (χ4n) is 1.70. The number of hydrogen-bond donors (Lipinski definition) is 1. The molecular weight excluding hydrogens is 228 g/mol. The van der Waals surface area contributed by atoms with Crippen LogP contribution in [0.15, 0.2) is 22.9 Å². The number of nitrogens with one attached hydrogen (secondary N) is 1. The highest BCUT2D eigenvalue weighted by Gasteiger charge is 2.31. The van der Waals surface area contributed by atoms with E-state index in [-0.39, 0.29) is 0 Å². The van der Waals surface area contributed by atoms with Crippen LogP contribution in [-0.2, 0) is 0 Å². The Morgan fingerprint density at radius 1 is 1.54 bits per heavy atom. The Balaban J connectivity index is 2.21. The maximum Gasteiger partial charge on any atom is 0.0410 e. The van der Waals surface area contributed by atoms with Crippen LogP contribution in [-0.4, -0.2) is 12.0 Å². The number of pyridine rings is 1. The van der Waals surface area contributed by atoms with E-state index < -0.39 is 0 Å². The Morgan fingerprint density at radius 3 is 2.85 bits per heavy atom. The molecule has 0 amide bonds. The molecule has 70 valence electrons. The predicted molar refractivity (Wildman–Crippen MR) is 56.5 cm³/mol. The molecule has 13 heavy (non-hydrogen) atoms. The van der Waals surface area contributed by atoms with E-state index >= 15 is 0 Å². The van der Waals surface area contributed by atoms with Crippen molar-refractivity contribution in [3.8, 4) is 0 Å². The van der Waals surface area contributed by atoms with Gasteiger partial charge < -0.3 is 5.32 Å². The second kappa shape index (κ2) is 3.76. The van der Waals surface area contributed by atoms with Crippen LogP contribution in [0.2, 0.25) is 0 Å². The van der Waals surface area contributed by atoms with E-state index in [1.165, 1.54) is 18.4 Å². The van der Waals surface area contributed by atoms with E-state index in [1.807, 2.05) is 19.4 Å². The van der Waals surface area contributed by atoms with Gasteiger partial charge in [-0.25, -0.2) is 0 Å². The third kappa shape index (κ3) is 2.09. The van der Waals surface area contributed by atoms with Gasteiger partial charge >= 0.3 is 0 Å². The van der Waals surface area contributed by atoms with Gasteiger partial charge in [0.05, 0.1) is 0 Å². The quantitative estimate of drug-likeness (QED) is 0.879. The molecule has 1 atom stereocenters. The van der Waals surface area contributed by atoms with Crippen molar-refractivity contribution in [3.05, 3.63) is 28.5 Å². The van der Waals surface area contributed by atoms with Crippen molar-refractivity contribution in [2.75, 3.05) is 7.05 Å². The lowest BCUT2D eigenvalue weighted by Crippen LogP contribution is -2.18. The Labute approximate surface area is 86.9 Å². The lowest BCUT2D eigenvalue weighted by molar-refractivity contribution is 0.527. The minimum atomic E-state index is 0.491. The van der Waals surface area contributed by atoms with Gasteiger partial charge in [-0.1, -0.05) is 0 Å². The average molecular weight is 241 g/mol. The van der Waals surface area contributed by atoms with Crippen LogP contribution in [0, 0.1) is 5.92 Å². The summed E-state index contributed by atoms with van der Waals surface area (Å²) in [5.74, 6) is 0.820. The van der Waals surface area contributed by atoms with E-state index in [1.54, 1.807) is 0 Å². The average Bonchev–Trinajstić information content (AvgIpc) is 2.90. The van der Waals surface area contributed by atoms with E-state index in [0.717, 1.165) is 10.4 Å². The summed E-state index contributed by atoms with van der Waals surface area (Å²) in [7, 11) is 2.02. The molecule has 3 heteroatoms. The summed E-state index contributed by atoms with van der Waals surface area (Å²) in [5, 5.41) is 3.35. The second-order valence-electron chi connectivity index (χ2n) is 3.54. The Hall–Kier alpha value is -0.410. The van der Waals surface area contributed by atoms with Gasteiger partial charge in [0.25, 0.3) is 0 Å². The molecule has 1 fully saturated rings. The Morgan fingerprint density at radius 2 is 2.31 bits per heavy atom. The fraction of sp³-hybridized carbons (Fsp3) is 0.500. The molecule has 0 aliphatic heterocycles. The minimum Gasteiger partial charge on any atom is -0.313 e. The van der Waals surface area contributed by atoms with Gasteiger partial charge in [0.1, 0.15) is 0 Å². The van der Waals surface area contributed by atoms with Crippen LogP contribution in [0.3, 0.4) is 0 Å². The number of hydrogen-bond acceptors (Lipinski definition) is 2. The van der Waals surface area contributed by atoms with Crippen LogP contribution < -0.4 is 5.32 Å². The largest absolute Gasteiger partial charge is 0.313 e. The molecule has 0 spiro atoms. The zero-order valence-electron chi connectivity index (χ0n) is 7.63. The highest BCUT2D eigenvalue weighted by Crippen LogP contribution is 2.40. The Kier molecular flexibility index (Phi) is 2.65. The summed E-state index contributed by atoms with van der Waals surface area (Å²) in [6.07, 6.45) is 6.46. The van der Waals surface area contributed by atoms with Gasteiger partial charge in [-0.2, -0.15) is 0 Å². The van der Waals surface area contributed by atoms with Gasteiger partial charge in [-0.05, 0) is 53.4 Å². The van der Waals surface area contributed by atoms with Crippen molar-refractivity contribution in [1.29, 1.82) is 0 Å². The first-order valence-corrected chi connectivity index (χ1v) is 5.38. The summed E-state index contributed by atoms with van der Waals surface area (Å²) < 4.78 is 1.06. The summed E-state index contributed by atoms with van der Waals surface area (Å²) in [6, 6.07) is 2.64.